The molecule has 0 spiro atoms. The molecule has 1 aromatic carbocycles. The third-order valence-electron chi connectivity index (χ3n) is 5.71. The molecule has 2 aliphatic heterocycles. The Morgan fingerprint density at radius 2 is 1.94 bits per heavy atom. The topological polar surface area (TPSA) is 124 Å². The minimum absolute atomic E-state index is 0.0654. The molecule has 2 aliphatic rings. The van der Waals surface area contributed by atoms with Gasteiger partial charge in [-0.2, -0.15) is 18.4 Å². The van der Waals surface area contributed by atoms with Gasteiger partial charge in [0.1, 0.15) is 0 Å². The Hall–Kier alpha value is -3.65. The molecule has 2 aromatic rings. The van der Waals surface area contributed by atoms with Gasteiger partial charge in [-0.05, 0) is 43.5 Å². The van der Waals surface area contributed by atoms with E-state index in [1.807, 2.05) is 30.0 Å². The molecule has 180 valence electrons. The molecular formula is C23H24F3N5O3. The average molecular weight is 475 g/mol. The molecule has 1 amide bonds. The summed E-state index contributed by atoms with van der Waals surface area (Å²) in [6.45, 7) is 4.13. The number of alkyl halides is 3. The number of anilines is 2. The van der Waals surface area contributed by atoms with Crippen LogP contribution in [0.4, 0.5) is 24.5 Å². The smallest absolute Gasteiger partial charge is 0.475 e. The Bertz CT molecular complexity index is 1100. The zero-order valence-corrected chi connectivity index (χ0v) is 18.4. The maximum atomic E-state index is 13.0. The number of aliphatic carboxylic acids is 1. The molecule has 1 unspecified atom stereocenters. The number of rotatable bonds is 3. The summed E-state index contributed by atoms with van der Waals surface area (Å²) in [6, 6.07) is 11.7. The van der Waals surface area contributed by atoms with Crippen LogP contribution >= 0.6 is 0 Å². The number of benzene rings is 1. The van der Waals surface area contributed by atoms with Gasteiger partial charge in [0, 0.05) is 25.3 Å². The van der Waals surface area contributed by atoms with Gasteiger partial charge in [0.05, 0.1) is 41.2 Å². The molecule has 34 heavy (non-hydrogen) atoms. The van der Waals surface area contributed by atoms with E-state index >= 15 is 0 Å². The zero-order chi connectivity index (χ0) is 25.0. The molecule has 0 saturated carbocycles. The van der Waals surface area contributed by atoms with Gasteiger partial charge in [-0.25, -0.2) is 4.79 Å². The van der Waals surface area contributed by atoms with E-state index in [1.54, 1.807) is 18.3 Å². The van der Waals surface area contributed by atoms with Crippen LogP contribution in [-0.4, -0.2) is 47.3 Å². The van der Waals surface area contributed by atoms with Crippen LogP contribution in [0.15, 0.2) is 36.5 Å². The Morgan fingerprint density at radius 1 is 1.29 bits per heavy atom. The standard InChI is InChI=1S/C21H23N5O.C2HF3O2/c1-14-19-20(18(8-9-24-19)25-10-2-3-17(23)13-25)26(21(14)27)12-16-6-4-15(11-22)5-7-16;3-2(4,5)1(6)7/h4-9,14,17H,2-3,10,12-13,23H2,1H3;(H,6,7)/t14?,17-;/m1./s1. The first kappa shape index (κ1) is 25.0. The Labute approximate surface area is 194 Å². The number of carboxylic acid groups (broad SMARTS) is 1. The highest BCUT2D eigenvalue weighted by Crippen LogP contribution is 2.43. The number of fused-ring (bicyclic) bond motifs is 1. The van der Waals surface area contributed by atoms with Crippen molar-refractivity contribution in [2.75, 3.05) is 22.9 Å². The normalized spacial score (nSPS) is 19.7. The van der Waals surface area contributed by atoms with E-state index < -0.39 is 12.1 Å². The van der Waals surface area contributed by atoms with Crippen LogP contribution in [0.2, 0.25) is 0 Å². The quantitative estimate of drug-likeness (QED) is 0.699. The third-order valence-corrected chi connectivity index (χ3v) is 5.71. The van der Waals surface area contributed by atoms with E-state index in [0.717, 1.165) is 48.6 Å². The second-order valence-electron chi connectivity index (χ2n) is 8.17. The van der Waals surface area contributed by atoms with Crippen molar-refractivity contribution in [3.63, 3.8) is 0 Å². The SMILES string of the molecule is CC1C(=O)N(Cc2ccc(C#N)cc2)c2c(N3CCC[C@@H](N)C3)ccnc21.O=C(O)C(F)(F)F. The summed E-state index contributed by atoms with van der Waals surface area (Å²) in [5.74, 6) is -2.94. The van der Waals surface area contributed by atoms with Gasteiger partial charge in [0.15, 0.2) is 0 Å². The highest BCUT2D eigenvalue weighted by Gasteiger charge is 2.39. The number of nitrogens with two attached hydrogens (primary N) is 1. The number of halogens is 3. The van der Waals surface area contributed by atoms with E-state index in [1.165, 1.54) is 0 Å². The molecule has 8 nitrogen and oxygen atoms in total. The van der Waals surface area contributed by atoms with Gasteiger partial charge in [-0.3, -0.25) is 9.78 Å². The number of carboxylic acids is 1. The molecule has 1 aromatic heterocycles. The number of hydrogen-bond acceptors (Lipinski definition) is 6. The lowest BCUT2D eigenvalue weighted by Crippen LogP contribution is -2.43. The Kier molecular flexibility index (Phi) is 7.41. The molecule has 4 rings (SSSR count). The van der Waals surface area contributed by atoms with Crippen molar-refractivity contribution in [3.8, 4) is 6.07 Å². The number of pyridine rings is 1. The Morgan fingerprint density at radius 3 is 2.50 bits per heavy atom. The largest absolute Gasteiger partial charge is 0.490 e. The van der Waals surface area contributed by atoms with Crippen LogP contribution < -0.4 is 15.5 Å². The lowest BCUT2D eigenvalue weighted by atomic mass is 10.0. The van der Waals surface area contributed by atoms with Gasteiger partial charge in [0.25, 0.3) is 0 Å². The second-order valence-corrected chi connectivity index (χ2v) is 8.17. The minimum atomic E-state index is -5.08. The fourth-order valence-electron chi connectivity index (χ4n) is 4.02. The maximum absolute atomic E-state index is 13.0. The summed E-state index contributed by atoms with van der Waals surface area (Å²) in [5, 5.41) is 16.1. The summed E-state index contributed by atoms with van der Waals surface area (Å²) >= 11 is 0. The first-order chi connectivity index (χ1) is 16.0. The number of amides is 1. The lowest BCUT2D eigenvalue weighted by molar-refractivity contribution is -0.192. The van der Waals surface area contributed by atoms with Crippen molar-refractivity contribution in [1.82, 2.24) is 4.98 Å². The lowest BCUT2D eigenvalue weighted by Gasteiger charge is -2.35. The number of nitriles is 1. The summed E-state index contributed by atoms with van der Waals surface area (Å²) in [6.07, 6.45) is -1.20. The van der Waals surface area contributed by atoms with Crippen LogP contribution in [0.3, 0.4) is 0 Å². The average Bonchev–Trinajstić information content (AvgIpc) is 3.04. The zero-order valence-electron chi connectivity index (χ0n) is 18.4. The molecule has 2 atom stereocenters. The van der Waals surface area contributed by atoms with E-state index in [2.05, 4.69) is 16.0 Å². The highest BCUT2D eigenvalue weighted by atomic mass is 19.4. The number of carbonyl (C=O) groups is 2. The van der Waals surface area contributed by atoms with E-state index in [0.29, 0.717) is 12.1 Å². The molecule has 3 N–H and O–H groups in total. The molecular weight excluding hydrogens is 451 g/mol. The van der Waals surface area contributed by atoms with E-state index in [4.69, 9.17) is 20.9 Å². The minimum Gasteiger partial charge on any atom is -0.475 e. The van der Waals surface area contributed by atoms with Crippen molar-refractivity contribution < 1.29 is 27.9 Å². The number of aromatic nitrogens is 1. The number of hydrogen-bond donors (Lipinski definition) is 2. The van der Waals surface area contributed by atoms with Gasteiger partial charge in [0.2, 0.25) is 5.91 Å². The summed E-state index contributed by atoms with van der Waals surface area (Å²) in [4.78, 5) is 30.5. The van der Waals surface area contributed by atoms with Crippen LogP contribution in [0.1, 0.15) is 42.5 Å². The van der Waals surface area contributed by atoms with Crippen molar-refractivity contribution in [2.45, 2.75) is 44.4 Å². The molecule has 0 radical (unpaired) electrons. The first-order valence-corrected chi connectivity index (χ1v) is 10.6. The predicted molar refractivity (Wildman–Crippen MR) is 118 cm³/mol. The molecule has 1 saturated heterocycles. The number of piperidine rings is 1. The fraction of sp³-hybridized carbons (Fsp3) is 0.391. The monoisotopic (exact) mass is 475 g/mol. The fourth-order valence-corrected chi connectivity index (χ4v) is 4.02. The van der Waals surface area contributed by atoms with Crippen molar-refractivity contribution in [2.24, 2.45) is 5.73 Å². The van der Waals surface area contributed by atoms with Crippen molar-refractivity contribution >= 4 is 23.3 Å². The van der Waals surface area contributed by atoms with Crippen molar-refractivity contribution in [1.29, 1.82) is 5.26 Å². The first-order valence-electron chi connectivity index (χ1n) is 10.6. The number of nitrogens with zero attached hydrogens (tertiary/aromatic N) is 4. The van der Waals surface area contributed by atoms with Crippen LogP contribution in [0, 0.1) is 11.3 Å². The van der Waals surface area contributed by atoms with Gasteiger partial charge in [-0.1, -0.05) is 12.1 Å². The van der Waals surface area contributed by atoms with Crippen molar-refractivity contribution in [3.05, 3.63) is 53.3 Å². The molecule has 11 heteroatoms. The molecule has 0 bridgehead atoms. The van der Waals surface area contributed by atoms with Crippen LogP contribution in [0.5, 0.6) is 0 Å². The maximum Gasteiger partial charge on any atom is 0.490 e. The predicted octanol–water partition coefficient (Wildman–Crippen LogP) is 3.16. The van der Waals surface area contributed by atoms with Gasteiger partial charge < -0.3 is 20.6 Å². The number of carbonyl (C=O) groups excluding carboxylic acids is 1. The highest BCUT2D eigenvalue weighted by molar-refractivity contribution is 6.07. The molecule has 3 heterocycles. The molecule has 1 fully saturated rings. The van der Waals surface area contributed by atoms with Crippen LogP contribution in [0.25, 0.3) is 0 Å². The second kappa shape index (κ2) is 10.1. The van der Waals surface area contributed by atoms with Crippen LogP contribution in [-0.2, 0) is 16.1 Å². The van der Waals surface area contributed by atoms with E-state index in [-0.39, 0.29) is 17.9 Å². The van der Waals surface area contributed by atoms with Gasteiger partial charge >= 0.3 is 12.1 Å². The summed E-state index contributed by atoms with van der Waals surface area (Å²) < 4.78 is 31.7. The molecule has 0 aliphatic carbocycles. The Balaban J connectivity index is 0.000000406. The summed E-state index contributed by atoms with van der Waals surface area (Å²) in [7, 11) is 0. The van der Waals surface area contributed by atoms with E-state index in [9.17, 15) is 18.0 Å². The summed E-state index contributed by atoms with van der Waals surface area (Å²) in [5.41, 5.74) is 10.6. The third kappa shape index (κ3) is 5.46. The van der Waals surface area contributed by atoms with Gasteiger partial charge in [-0.15, -0.1) is 0 Å².